The number of aliphatic imine (C=N–C) groups is 1. The summed E-state index contributed by atoms with van der Waals surface area (Å²) in [6, 6.07) is 12.5. The Hall–Kier alpha value is -1.36. The highest BCUT2D eigenvalue weighted by Gasteiger charge is 2.13. The summed E-state index contributed by atoms with van der Waals surface area (Å²) in [5, 5.41) is 6.74. The molecule has 1 aliphatic heterocycles. The maximum atomic E-state index is 5.82. The number of nitrogens with zero attached hydrogens (tertiary/aromatic N) is 1. The average molecular weight is 560 g/mol. The summed E-state index contributed by atoms with van der Waals surface area (Å²) >= 11 is 1.79. The Labute approximate surface area is 206 Å². The lowest BCUT2D eigenvalue weighted by Gasteiger charge is -2.21. The molecule has 3 rings (SSSR count). The fourth-order valence-electron chi connectivity index (χ4n) is 3.32. The summed E-state index contributed by atoms with van der Waals surface area (Å²) in [7, 11) is 3.49. The van der Waals surface area contributed by atoms with Gasteiger partial charge >= 0.3 is 0 Å². The monoisotopic (exact) mass is 559 g/mol. The third kappa shape index (κ3) is 8.96. The normalized spacial score (nSPS) is 14.7. The molecule has 0 saturated carbocycles. The lowest BCUT2D eigenvalue weighted by atomic mass is 10.0. The zero-order valence-electron chi connectivity index (χ0n) is 18.4. The van der Waals surface area contributed by atoms with Gasteiger partial charge in [-0.1, -0.05) is 0 Å². The molecule has 0 amide bonds. The number of guanidine groups is 1. The molecule has 2 N–H and O–H groups in total. The molecule has 2 heterocycles. The average Bonchev–Trinajstić information content (AvgIpc) is 3.28. The minimum absolute atomic E-state index is 0. The summed E-state index contributed by atoms with van der Waals surface area (Å²) in [6.45, 7) is 4.98. The maximum Gasteiger partial charge on any atom is 0.191 e. The number of thiophene rings is 1. The van der Waals surface area contributed by atoms with E-state index in [0.717, 1.165) is 70.5 Å². The van der Waals surface area contributed by atoms with Crippen LogP contribution in [-0.4, -0.2) is 53.1 Å². The molecule has 31 heavy (non-hydrogen) atoms. The van der Waals surface area contributed by atoms with Crippen LogP contribution in [0, 0.1) is 5.92 Å². The molecule has 0 unspecified atom stereocenters. The Morgan fingerprint density at radius 3 is 2.61 bits per heavy atom. The Kier molecular flexibility index (Phi) is 12.2. The van der Waals surface area contributed by atoms with Crippen molar-refractivity contribution in [2.45, 2.75) is 25.8 Å². The molecular weight excluding hydrogens is 525 g/mol. The lowest BCUT2D eigenvalue weighted by Crippen LogP contribution is -2.37. The highest BCUT2D eigenvalue weighted by molar-refractivity contribution is 14.0. The van der Waals surface area contributed by atoms with E-state index in [9.17, 15) is 0 Å². The first-order valence-corrected chi connectivity index (χ1v) is 11.4. The molecule has 0 atom stereocenters. The van der Waals surface area contributed by atoms with E-state index in [4.69, 9.17) is 14.2 Å². The van der Waals surface area contributed by atoms with Crippen molar-refractivity contribution in [2.24, 2.45) is 10.9 Å². The van der Waals surface area contributed by atoms with E-state index >= 15 is 0 Å². The first-order valence-electron chi connectivity index (χ1n) is 10.6. The van der Waals surface area contributed by atoms with Gasteiger partial charge in [0.1, 0.15) is 5.75 Å². The zero-order chi connectivity index (χ0) is 21.0. The van der Waals surface area contributed by atoms with E-state index in [1.807, 2.05) is 12.1 Å². The molecule has 6 nitrogen and oxygen atoms in total. The number of hydrogen-bond acceptors (Lipinski definition) is 5. The largest absolute Gasteiger partial charge is 0.497 e. The van der Waals surface area contributed by atoms with E-state index in [1.54, 1.807) is 25.5 Å². The summed E-state index contributed by atoms with van der Waals surface area (Å²) < 4.78 is 16.4. The van der Waals surface area contributed by atoms with Crippen LogP contribution in [0.25, 0.3) is 10.4 Å². The number of methoxy groups -OCH3 is 1. The van der Waals surface area contributed by atoms with Crippen LogP contribution in [0.2, 0.25) is 0 Å². The summed E-state index contributed by atoms with van der Waals surface area (Å²) in [6.07, 6.45) is 3.21. The van der Waals surface area contributed by atoms with Crippen molar-refractivity contribution in [1.29, 1.82) is 0 Å². The van der Waals surface area contributed by atoms with Gasteiger partial charge in [0.05, 0.1) is 13.7 Å². The van der Waals surface area contributed by atoms with Gasteiger partial charge in [-0.05, 0) is 67.1 Å². The Morgan fingerprint density at radius 2 is 1.90 bits per heavy atom. The predicted molar refractivity (Wildman–Crippen MR) is 139 cm³/mol. The van der Waals surface area contributed by atoms with E-state index in [2.05, 4.69) is 39.9 Å². The Balaban J connectivity index is 0.00000341. The summed E-state index contributed by atoms with van der Waals surface area (Å²) in [4.78, 5) is 6.83. The van der Waals surface area contributed by atoms with Gasteiger partial charge in [0.2, 0.25) is 0 Å². The number of hydrogen-bond donors (Lipinski definition) is 2. The fourth-order valence-corrected chi connectivity index (χ4v) is 4.27. The van der Waals surface area contributed by atoms with Crippen LogP contribution in [0.5, 0.6) is 5.75 Å². The number of rotatable bonds is 10. The quantitative estimate of drug-likeness (QED) is 0.194. The first-order chi connectivity index (χ1) is 14.8. The van der Waals surface area contributed by atoms with Crippen molar-refractivity contribution in [2.75, 3.05) is 47.1 Å². The number of ether oxygens (including phenoxy) is 3. The molecule has 0 radical (unpaired) electrons. The summed E-state index contributed by atoms with van der Waals surface area (Å²) in [5.74, 6) is 2.36. The van der Waals surface area contributed by atoms with Crippen molar-refractivity contribution >= 4 is 41.3 Å². The van der Waals surface area contributed by atoms with Crippen LogP contribution in [0.15, 0.2) is 41.4 Å². The fraction of sp³-hybridized carbons (Fsp3) is 0.522. The topological polar surface area (TPSA) is 64.1 Å². The van der Waals surface area contributed by atoms with Crippen molar-refractivity contribution in [1.82, 2.24) is 10.6 Å². The van der Waals surface area contributed by atoms with Gasteiger partial charge in [0.25, 0.3) is 0 Å². The SMILES string of the molecule is CN=C(NCCCOCC1CCOCC1)NCc1ccc(-c2ccc(OC)cc2)s1.I. The second kappa shape index (κ2) is 14.7. The zero-order valence-corrected chi connectivity index (χ0v) is 21.5. The van der Waals surface area contributed by atoms with Crippen molar-refractivity contribution in [3.05, 3.63) is 41.3 Å². The third-order valence-electron chi connectivity index (χ3n) is 5.14. The Bertz CT molecular complexity index is 777. The molecule has 0 spiro atoms. The van der Waals surface area contributed by atoms with E-state index in [1.165, 1.54) is 15.3 Å². The molecule has 1 saturated heterocycles. The molecule has 8 heteroatoms. The highest BCUT2D eigenvalue weighted by atomic mass is 127. The van der Waals surface area contributed by atoms with Crippen molar-refractivity contribution < 1.29 is 14.2 Å². The highest BCUT2D eigenvalue weighted by Crippen LogP contribution is 2.29. The van der Waals surface area contributed by atoms with Crippen molar-refractivity contribution in [3.63, 3.8) is 0 Å². The van der Waals surface area contributed by atoms with Gasteiger partial charge in [0, 0.05) is 49.8 Å². The van der Waals surface area contributed by atoms with Crippen LogP contribution in [0.1, 0.15) is 24.1 Å². The number of nitrogens with one attached hydrogen (secondary N) is 2. The lowest BCUT2D eigenvalue weighted by molar-refractivity contribution is 0.0203. The van der Waals surface area contributed by atoms with Crippen LogP contribution in [0.3, 0.4) is 0 Å². The van der Waals surface area contributed by atoms with Gasteiger partial charge in [0.15, 0.2) is 5.96 Å². The molecule has 0 aliphatic carbocycles. The van der Waals surface area contributed by atoms with Gasteiger partial charge in [-0.25, -0.2) is 0 Å². The van der Waals surface area contributed by atoms with E-state index in [-0.39, 0.29) is 24.0 Å². The minimum atomic E-state index is 0. The second-order valence-corrected chi connectivity index (χ2v) is 8.50. The maximum absolute atomic E-state index is 5.82. The van der Waals surface area contributed by atoms with E-state index < -0.39 is 0 Å². The van der Waals surface area contributed by atoms with Crippen LogP contribution >= 0.6 is 35.3 Å². The molecule has 1 aromatic carbocycles. The molecule has 1 aliphatic rings. The smallest absolute Gasteiger partial charge is 0.191 e. The van der Waals surface area contributed by atoms with E-state index in [0.29, 0.717) is 5.92 Å². The summed E-state index contributed by atoms with van der Waals surface area (Å²) in [5.41, 5.74) is 1.20. The predicted octanol–water partition coefficient (Wildman–Crippen LogP) is 4.54. The molecule has 1 aromatic heterocycles. The third-order valence-corrected chi connectivity index (χ3v) is 6.28. The molecule has 172 valence electrons. The van der Waals surface area contributed by atoms with Gasteiger partial charge in [-0.2, -0.15) is 0 Å². The van der Waals surface area contributed by atoms with Crippen LogP contribution in [-0.2, 0) is 16.0 Å². The standard InChI is InChI=1S/C23H33N3O3S.HI/c1-24-23(25-12-3-13-29-17-18-10-14-28-15-11-18)26-16-21-8-9-22(30-21)19-4-6-20(27-2)7-5-19;/h4-9,18H,3,10-17H2,1-2H3,(H2,24,25,26);1H. The van der Waals surface area contributed by atoms with Gasteiger partial charge in [-0.15, -0.1) is 35.3 Å². The van der Waals surface area contributed by atoms with Crippen LogP contribution in [0.4, 0.5) is 0 Å². The Morgan fingerprint density at radius 1 is 1.13 bits per heavy atom. The van der Waals surface area contributed by atoms with Crippen LogP contribution < -0.4 is 15.4 Å². The second-order valence-electron chi connectivity index (χ2n) is 7.33. The first kappa shape index (κ1) is 25.9. The number of halogens is 1. The molecular formula is C23H34IN3O3S. The van der Waals surface area contributed by atoms with Gasteiger partial charge < -0.3 is 24.8 Å². The molecule has 0 bridgehead atoms. The molecule has 2 aromatic rings. The molecule has 1 fully saturated rings. The minimum Gasteiger partial charge on any atom is -0.497 e. The van der Waals surface area contributed by atoms with Gasteiger partial charge in [-0.3, -0.25) is 4.99 Å². The van der Waals surface area contributed by atoms with Crippen molar-refractivity contribution in [3.8, 4) is 16.2 Å². The number of benzene rings is 1.